The van der Waals surface area contributed by atoms with Crippen LogP contribution < -0.4 is 5.32 Å². The van der Waals surface area contributed by atoms with Crippen molar-refractivity contribution in [3.05, 3.63) is 16.0 Å². The van der Waals surface area contributed by atoms with Gasteiger partial charge in [0.25, 0.3) is 10.0 Å². The van der Waals surface area contributed by atoms with Crippen molar-refractivity contribution < 1.29 is 18.3 Å². The summed E-state index contributed by atoms with van der Waals surface area (Å²) in [6, 6.07) is 0. The number of carboxylic acids is 1. The van der Waals surface area contributed by atoms with Gasteiger partial charge >= 0.3 is 5.97 Å². The Morgan fingerprint density at radius 2 is 2.17 bits per heavy atom. The van der Waals surface area contributed by atoms with Gasteiger partial charge in [0, 0.05) is 24.5 Å². The van der Waals surface area contributed by atoms with E-state index in [4.69, 9.17) is 0 Å². The van der Waals surface area contributed by atoms with Crippen molar-refractivity contribution in [2.45, 2.75) is 43.4 Å². The highest BCUT2D eigenvalue weighted by Crippen LogP contribution is 2.38. The van der Waals surface area contributed by atoms with Crippen LogP contribution in [0.25, 0.3) is 0 Å². The van der Waals surface area contributed by atoms with E-state index in [0.717, 1.165) is 35.5 Å². The molecule has 1 fully saturated rings. The summed E-state index contributed by atoms with van der Waals surface area (Å²) >= 11 is 1.13. The normalized spacial score (nSPS) is 18.2. The number of nitrogens with zero attached hydrogens (tertiary/aromatic N) is 1. The molecule has 0 spiro atoms. The Bertz CT molecular complexity index is 707. The minimum Gasteiger partial charge on any atom is -0.478 e. The first-order valence-corrected chi connectivity index (χ1v) is 10.3. The molecule has 0 atom stereocenters. The van der Waals surface area contributed by atoms with Gasteiger partial charge in [-0.05, 0) is 43.7 Å². The molecule has 2 N–H and O–H groups in total. The lowest BCUT2D eigenvalue weighted by Crippen LogP contribution is -2.34. The van der Waals surface area contributed by atoms with E-state index in [1.165, 1.54) is 4.31 Å². The number of aromatic carboxylic acids is 1. The molecule has 2 aliphatic rings. The Balaban J connectivity index is 2.03. The van der Waals surface area contributed by atoms with Crippen molar-refractivity contribution in [2.75, 3.05) is 19.6 Å². The standard InChI is InChI=1S/C15H22N2O4S2/c1-2-7-17(9-10-3-4-10)23(20,21)15-13(14(18)19)11-5-6-16-8-12(11)22-15/h10,16H,2-9H2,1H3,(H,18,19). The predicted molar refractivity (Wildman–Crippen MR) is 88.5 cm³/mol. The summed E-state index contributed by atoms with van der Waals surface area (Å²) in [5.41, 5.74) is 0.700. The minimum absolute atomic E-state index is 0.00315. The molecule has 3 rings (SSSR count). The highest BCUT2D eigenvalue weighted by Gasteiger charge is 2.37. The van der Waals surface area contributed by atoms with Crippen LogP contribution in [0, 0.1) is 5.92 Å². The third-order valence-corrected chi connectivity index (χ3v) is 7.91. The number of hydrogen-bond acceptors (Lipinski definition) is 5. The van der Waals surface area contributed by atoms with Gasteiger partial charge in [0.15, 0.2) is 0 Å². The Morgan fingerprint density at radius 3 is 2.78 bits per heavy atom. The van der Waals surface area contributed by atoms with E-state index in [1.807, 2.05) is 6.92 Å². The molecule has 1 aromatic rings. The lowest BCUT2D eigenvalue weighted by Gasteiger charge is -2.21. The first-order chi connectivity index (χ1) is 10.9. The fourth-order valence-electron chi connectivity index (χ4n) is 2.97. The van der Waals surface area contributed by atoms with Gasteiger partial charge in [0.05, 0.1) is 5.56 Å². The predicted octanol–water partition coefficient (Wildman–Crippen LogP) is 1.90. The smallest absolute Gasteiger partial charge is 0.338 e. The van der Waals surface area contributed by atoms with Crippen molar-refractivity contribution >= 4 is 27.3 Å². The van der Waals surface area contributed by atoms with E-state index in [1.54, 1.807) is 0 Å². The summed E-state index contributed by atoms with van der Waals surface area (Å²) in [6.07, 6.45) is 3.42. The van der Waals surface area contributed by atoms with Gasteiger partial charge in [0.2, 0.25) is 0 Å². The van der Waals surface area contributed by atoms with Crippen LogP contribution >= 0.6 is 11.3 Å². The molecule has 2 heterocycles. The third-order valence-electron chi connectivity index (χ3n) is 4.32. The van der Waals surface area contributed by atoms with Crippen molar-refractivity contribution in [3.8, 4) is 0 Å². The maximum atomic E-state index is 13.1. The van der Waals surface area contributed by atoms with E-state index < -0.39 is 16.0 Å². The second kappa shape index (κ2) is 6.51. The number of carbonyl (C=O) groups is 1. The second-order valence-electron chi connectivity index (χ2n) is 6.20. The largest absolute Gasteiger partial charge is 0.478 e. The molecule has 23 heavy (non-hydrogen) atoms. The molecule has 1 saturated carbocycles. The summed E-state index contributed by atoms with van der Waals surface area (Å²) in [5.74, 6) is -0.702. The van der Waals surface area contributed by atoms with Gasteiger partial charge in [-0.15, -0.1) is 11.3 Å². The molecule has 1 aromatic heterocycles. The molecule has 6 nitrogen and oxygen atoms in total. The van der Waals surface area contributed by atoms with Crippen LogP contribution in [0.3, 0.4) is 0 Å². The van der Waals surface area contributed by atoms with Crippen LogP contribution in [0.15, 0.2) is 4.21 Å². The highest BCUT2D eigenvalue weighted by molar-refractivity contribution is 7.91. The number of fused-ring (bicyclic) bond motifs is 1. The average Bonchev–Trinajstić information content (AvgIpc) is 3.23. The number of hydrogen-bond donors (Lipinski definition) is 2. The molecular weight excluding hydrogens is 336 g/mol. The van der Waals surface area contributed by atoms with Crippen LogP contribution in [-0.4, -0.2) is 43.4 Å². The summed E-state index contributed by atoms with van der Waals surface area (Å²) in [5, 5.41) is 12.8. The maximum absolute atomic E-state index is 13.1. The lowest BCUT2D eigenvalue weighted by molar-refractivity contribution is 0.0692. The maximum Gasteiger partial charge on any atom is 0.338 e. The van der Waals surface area contributed by atoms with E-state index in [0.29, 0.717) is 44.1 Å². The Morgan fingerprint density at radius 1 is 1.43 bits per heavy atom. The Hall–Kier alpha value is -0.960. The van der Waals surface area contributed by atoms with Crippen molar-refractivity contribution in [2.24, 2.45) is 5.92 Å². The summed E-state index contributed by atoms with van der Waals surface area (Å²) in [7, 11) is -3.74. The van der Waals surface area contributed by atoms with E-state index in [9.17, 15) is 18.3 Å². The van der Waals surface area contributed by atoms with E-state index in [2.05, 4.69) is 5.32 Å². The van der Waals surface area contributed by atoms with Gasteiger partial charge in [-0.1, -0.05) is 6.92 Å². The van der Waals surface area contributed by atoms with Crippen molar-refractivity contribution in [1.82, 2.24) is 9.62 Å². The lowest BCUT2D eigenvalue weighted by atomic mass is 10.1. The third kappa shape index (κ3) is 3.31. The van der Waals surface area contributed by atoms with Gasteiger partial charge < -0.3 is 10.4 Å². The molecule has 8 heteroatoms. The minimum atomic E-state index is -3.74. The highest BCUT2D eigenvalue weighted by atomic mass is 32.2. The summed E-state index contributed by atoms with van der Waals surface area (Å²) < 4.78 is 27.7. The van der Waals surface area contributed by atoms with Gasteiger partial charge in [-0.25, -0.2) is 13.2 Å². The van der Waals surface area contributed by atoms with Crippen LogP contribution in [0.1, 0.15) is 47.0 Å². The monoisotopic (exact) mass is 358 g/mol. The molecule has 0 aromatic carbocycles. The average molecular weight is 358 g/mol. The molecular formula is C15H22N2O4S2. The van der Waals surface area contributed by atoms with E-state index >= 15 is 0 Å². The van der Waals surface area contributed by atoms with Crippen LogP contribution in [-0.2, 0) is 23.0 Å². The quantitative estimate of drug-likeness (QED) is 0.777. The van der Waals surface area contributed by atoms with Gasteiger partial charge in [-0.2, -0.15) is 4.31 Å². The number of rotatable bonds is 7. The Labute approximate surface area is 140 Å². The second-order valence-corrected chi connectivity index (χ2v) is 9.44. The summed E-state index contributed by atoms with van der Waals surface area (Å²) in [4.78, 5) is 12.6. The zero-order chi connectivity index (χ0) is 16.6. The van der Waals surface area contributed by atoms with Crippen molar-refractivity contribution in [1.29, 1.82) is 0 Å². The van der Waals surface area contributed by atoms with Crippen molar-refractivity contribution in [3.63, 3.8) is 0 Å². The van der Waals surface area contributed by atoms with Crippen LogP contribution in [0.4, 0.5) is 0 Å². The molecule has 0 saturated heterocycles. The fraction of sp³-hybridized carbons (Fsp3) is 0.667. The van der Waals surface area contributed by atoms with Gasteiger partial charge in [-0.3, -0.25) is 0 Å². The molecule has 1 aliphatic heterocycles. The molecule has 1 aliphatic carbocycles. The first kappa shape index (κ1) is 16.9. The fourth-order valence-corrected chi connectivity index (χ4v) is 6.58. The number of sulfonamides is 1. The van der Waals surface area contributed by atoms with Crippen LogP contribution in [0.2, 0.25) is 0 Å². The topological polar surface area (TPSA) is 86.7 Å². The molecule has 0 bridgehead atoms. The van der Waals surface area contributed by atoms with Crippen LogP contribution in [0.5, 0.6) is 0 Å². The molecule has 0 radical (unpaired) electrons. The number of thiophene rings is 1. The van der Waals surface area contributed by atoms with Gasteiger partial charge in [0.1, 0.15) is 4.21 Å². The molecule has 0 amide bonds. The SMILES string of the molecule is CCCN(CC1CC1)S(=O)(=O)c1sc2c(c1C(=O)O)CCNC2. The first-order valence-electron chi connectivity index (χ1n) is 8.03. The molecule has 128 valence electrons. The Kier molecular flexibility index (Phi) is 4.78. The zero-order valence-corrected chi connectivity index (χ0v) is 14.8. The summed E-state index contributed by atoms with van der Waals surface area (Å²) in [6.45, 7) is 4.13. The number of carboxylic acid groups (broad SMARTS) is 1. The number of nitrogens with one attached hydrogen (secondary N) is 1. The van der Waals surface area contributed by atoms with E-state index in [-0.39, 0.29) is 9.77 Å². The molecule has 0 unspecified atom stereocenters. The zero-order valence-electron chi connectivity index (χ0n) is 13.2.